The fourth-order valence-corrected chi connectivity index (χ4v) is 2.19. The number of aliphatic hydroxyl groups excluding tert-OH is 1. The average molecular weight is 435 g/mol. The van der Waals surface area contributed by atoms with E-state index in [9.17, 15) is 0 Å². The molecule has 0 saturated heterocycles. The first-order chi connectivity index (χ1) is 14.7. The average Bonchev–Trinajstić information content (AvgIpc) is 2.85. The minimum Gasteiger partial charge on any atom is -0.400 e. The number of hydrogen-bond acceptors (Lipinski definition) is 2. The molecule has 0 saturated carbocycles. The van der Waals surface area contributed by atoms with Gasteiger partial charge in [-0.05, 0) is 34.8 Å². The van der Waals surface area contributed by atoms with Crippen LogP contribution in [0, 0.1) is 0 Å². The van der Waals surface area contributed by atoms with Crippen LogP contribution >= 0.6 is 0 Å². The fourth-order valence-electron chi connectivity index (χ4n) is 2.19. The van der Waals surface area contributed by atoms with E-state index in [-0.39, 0.29) is 0 Å². The molecule has 0 amide bonds. The third kappa shape index (κ3) is 18.8. The summed E-state index contributed by atoms with van der Waals surface area (Å²) >= 11 is 0. The summed E-state index contributed by atoms with van der Waals surface area (Å²) in [5.74, 6) is 0. The molecule has 31 heavy (non-hydrogen) atoms. The summed E-state index contributed by atoms with van der Waals surface area (Å²) < 4.78 is 4.25. The summed E-state index contributed by atoms with van der Waals surface area (Å²) in [5, 5.41) is 7.00. The molecule has 0 aliphatic carbocycles. The van der Waals surface area contributed by atoms with Crippen LogP contribution in [0.1, 0.15) is 93.2 Å². The molecule has 0 fully saturated rings. The van der Waals surface area contributed by atoms with Gasteiger partial charge in [-0.3, -0.25) is 0 Å². The lowest BCUT2D eigenvalue weighted by Crippen LogP contribution is -2.14. The van der Waals surface area contributed by atoms with Gasteiger partial charge in [0.25, 0.3) is 0 Å². The summed E-state index contributed by atoms with van der Waals surface area (Å²) in [7, 11) is 4.25. The first kappa shape index (κ1) is 36.7. The molecule has 0 heterocycles. The van der Waals surface area contributed by atoms with E-state index in [1.807, 2.05) is 27.7 Å². The van der Waals surface area contributed by atoms with Gasteiger partial charge in [-0.15, -0.1) is 0 Å². The Balaban J connectivity index is -0.000000172. The van der Waals surface area contributed by atoms with Crippen molar-refractivity contribution < 1.29 is 9.84 Å². The highest BCUT2D eigenvalue weighted by molar-refractivity contribution is 5.23. The van der Waals surface area contributed by atoms with Gasteiger partial charge in [0.05, 0.1) is 0 Å². The Morgan fingerprint density at radius 3 is 0.935 bits per heavy atom. The Morgan fingerprint density at radius 1 is 0.581 bits per heavy atom. The molecule has 182 valence electrons. The van der Waals surface area contributed by atoms with E-state index in [0.717, 1.165) is 7.11 Å². The van der Waals surface area contributed by atoms with Gasteiger partial charge in [-0.1, -0.05) is 130 Å². The Labute approximate surface area is 196 Å². The van der Waals surface area contributed by atoms with Crippen LogP contribution in [0.5, 0.6) is 0 Å². The number of aliphatic hydroxyl groups is 1. The lowest BCUT2D eigenvalue weighted by Gasteiger charge is -2.22. The summed E-state index contributed by atoms with van der Waals surface area (Å²) in [6.07, 6.45) is 2.38. The Hall–Kier alpha value is -1.64. The molecule has 2 heteroatoms. The normalized spacial score (nSPS) is 9.35. The van der Waals surface area contributed by atoms with Gasteiger partial charge in [-0.25, -0.2) is 0 Å². The van der Waals surface area contributed by atoms with Gasteiger partial charge >= 0.3 is 0 Å². The second kappa shape index (κ2) is 24.6. The van der Waals surface area contributed by atoms with Gasteiger partial charge in [0, 0.05) is 21.3 Å². The van der Waals surface area contributed by atoms with Crippen LogP contribution in [0.25, 0.3) is 0 Å². The highest BCUT2D eigenvalue weighted by Crippen LogP contribution is 2.26. The molecule has 0 unspecified atom stereocenters. The monoisotopic (exact) mass is 434 g/mol. The smallest absolute Gasteiger partial charge is 0.0351 e. The molecule has 1 N–H and O–H groups in total. The largest absolute Gasteiger partial charge is 0.400 e. The Kier molecular flexibility index (Phi) is 29.2. The zero-order valence-electron chi connectivity index (χ0n) is 23.0. The predicted molar refractivity (Wildman–Crippen MR) is 143 cm³/mol. The molecule has 0 spiro atoms. The van der Waals surface area contributed by atoms with E-state index >= 15 is 0 Å². The maximum Gasteiger partial charge on any atom is 0.0351 e. The van der Waals surface area contributed by atoms with Crippen LogP contribution in [-0.2, 0) is 15.6 Å². The van der Waals surface area contributed by atoms with E-state index in [1.54, 1.807) is 14.2 Å². The maximum atomic E-state index is 7.00. The van der Waals surface area contributed by atoms with E-state index in [2.05, 4.69) is 107 Å². The second-order valence-corrected chi connectivity index (χ2v) is 7.62. The Bertz CT molecular complexity index is 494. The second-order valence-electron chi connectivity index (χ2n) is 7.62. The van der Waals surface area contributed by atoms with Crippen molar-refractivity contribution in [1.82, 2.24) is 0 Å². The van der Waals surface area contributed by atoms with E-state index in [4.69, 9.17) is 5.11 Å². The molecular formula is C29H54O2. The molecule has 2 nitrogen and oxygen atoms in total. The summed E-state index contributed by atoms with van der Waals surface area (Å²) in [6.45, 7) is 21.6. The van der Waals surface area contributed by atoms with Crippen molar-refractivity contribution in [2.24, 2.45) is 0 Å². The number of rotatable bonds is 4. The molecule has 0 bridgehead atoms. The molecule has 2 aromatic carbocycles. The van der Waals surface area contributed by atoms with Crippen molar-refractivity contribution in [3.05, 3.63) is 71.8 Å². The minimum absolute atomic E-state index is 0.335. The minimum atomic E-state index is 0.335. The number of benzene rings is 2. The van der Waals surface area contributed by atoms with Gasteiger partial charge in [-0.2, -0.15) is 0 Å². The molecule has 0 aliphatic rings. The van der Waals surface area contributed by atoms with Gasteiger partial charge in [0.15, 0.2) is 0 Å². The summed E-state index contributed by atoms with van der Waals surface area (Å²) in [6, 6.07) is 21.3. The lowest BCUT2D eigenvalue weighted by molar-refractivity contribution is 0.277. The van der Waals surface area contributed by atoms with Crippen molar-refractivity contribution >= 4 is 0 Å². The van der Waals surface area contributed by atoms with Gasteiger partial charge < -0.3 is 9.84 Å². The van der Waals surface area contributed by atoms with Crippen molar-refractivity contribution in [3.8, 4) is 0 Å². The van der Waals surface area contributed by atoms with Crippen LogP contribution in [0.2, 0.25) is 0 Å². The molecule has 0 aliphatic heterocycles. The first-order valence-electron chi connectivity index (χ1n) is 11.7. The van der Waals surface area contributed by atoms with Crippen LogP contribution in [-0.4, -0.2) is 26.4 Å². The van der Waals surface area contributed by atoms with Crippen molar-refractivity contribution in [1.29, 1.82) is 0 Å². The van der Waals surface area contributed by atoms with E-state index in [0.29, 0.717) is 10.8 Å². The number of methoxy groups -OCH3 is 1. The maximum absolute atomic E-state index is 7.00. The van der Waals surface area contributed by atoms with E-state index < -0.39 is 0 Å². The summed E-state index contributed by atoms with van der Waals surface area (Å²) in [4.78, 5) is 0. The van der Waals surface area contributed by atoms with Crippen molar-refractivity contribution in [2.75, 3.05) is 21.3 Å². The molecule has 0 radical (unpaired) electrons. The fraction of sp³-hybridized carbons (Fsp3) is 0.586. The van der Waals surface area contributed by atoms with Crippen LogP contribution in [0.3, 0.4) is 0 Å². The predicted octanol–water partition coefficient (Wildman–Crippen LogP) is 8.67. The van der Waals surface area contributed by atoms with Gasteiger partial charge in [0.1, 0.15) is 0 Å². The zero-order chi connectivity index (χ0) is 25.3. The van der Waals surface area contributed by atoms with Crippen molar-refractivity contribution in [2.45, 2.75) is 92.9 Å². The van der Waals surface area contributed by atoms with Crippen LogP contribution < -0.4 is 0 Å². The van der Waals surface area contributed by atoms with Gasteiger partial charge in [0.2, 0.25) is 0 Å². The molecule has 2 rings (SSSR count). The number of hydrogen-bond donors (Lipinski definition) is 1. The third-order valence-electron chi connectivity index (χ3n) is 4.88. The van der Waals surface area contributed by atoms with Crippen LogP contribution in [0.15, 0.2) is 60.7 Å². The highest BCUT2D eigenvalue weighted by Gasteiger charge is 2.17. The quantitative estimate of drug-likeness (QED) is 0.521. The first-order valence-corrected chi connectivity index (χ1v) is 11.7. The zero-order valence-corrected chi connectivity index (χ0v) is 23.0. The molecular weight excluding hydrogens is 380 g/mol. The standard InChI is InChI=1S/2C11H16.C2H6O.2C2H6.CH4O/c2*1-4-11(2,3)10-8-6-5-7-9-10;1-3-2;3*1-2/h2*5-9H,4H2,1-3H3;1-2H3;2*1-2H3;2H,1H3. The Morgan fingerprint density at radius 2 is 0.774 bits per heavy atom. The lowest BCUT2D eigenvalue weighted by atomic mass is 9.82. The van der Waals surface area contributed by atoms with Crippen LogP contribution in [0.4, 0.5) is 0 Å². The van der Waals surface area contributed by atoms with E-state index in [1.165, 1.54) is 24.0 Å². The molecule has 2 aromatic rings. The SMILES string of the molecule is CC.CC.CCC(C)(C)c1ccccc1.CCC(C)(C)c1ccccc1.CO.COC. The summed E-state index contributed by atoms with van der Waals surface area (Å²) in [5.41, 5.74) is 3.53. The number of ether oxygens (including phenoxy) is 1. The third-order valence-corrected chi connectivity index (χ3v) is 4.88. The topological polar surface area (TPSA) is 29.5 Å². The molecule has 0 aromatic heterocycles. The van der Waals surface area contributed by atoms with Crippen molar-refractivity contribution in [3.63, 3.8) is 0 Å². The highest BCUT2D eigenvalue weighted by atomic mass is 16.4. The molecule has 0 atom stereocenters.